The van der Waals surface area contributed by atoms with E-state index in [4.69, 9.17) is 23.2 Å². The van der Waals surface area contributed by atoms with Crippen molar-refractivity contribution in [3.8, 4) is 0 Å². The molecule has 0 unspecified atom stereocenters. The topological polar surface area (TPSA) is 78.8 Å². The van der Waals surface area contributed by atoms with Crippen molar-refractivity contribution >= 4 is 51.0 Å². The van der Waals surface area contributed by atoms with Crippen molar-refractivity contribution in [1.82, 2.24) is 5.43 Å². The minimum atomic E-state index is -4.23. The molecule has 32 heavy (non-hydrogen) atoms. The monoisotopic (exact) mass is 493 g/mol. The molecule has 1 N–H and O–H groups in total. The van der Waals surface area contributed by atoms with Gasteiger partial charge in [-0.15, -0.1) is 0 Å². The fraction of sp³-hybridized carbons (Fsp3) is 0.0909. The van der Waals surface area contributed by atoms with Gasteiger partial charge in [0.05, 0.1) is 26.8 Å². The summed E-state index contributed by atoms with van der Waals surface area (Å²) in [6.45, 7) is 1.13. The van der Waals surface area contributed by atoms with Crippen LogP contribution < -0.4 is 9.73 Å². The van der Waals surface area contributed by atoms with E-state index in [1.165, 1.54) is 36.5 Å². The Morgan fingerprint density at radius 3 is 2.41 bits per heavy atom. The Morgan fingerprint density at radius 1 is 1.06 bits per heavy atom. The van der Waals surface area contributed by atoms with Gasteiger partial charge in [0.25, 0.3) is 15.9 Å². The summed E-state index contributed by atoms with van der Waals surface area (Å²) in [7, 11) is -4.23. The molecule has 0 radical (unpaired) electrons. The molecule has 0 heterocycles. The molecule has 0 aliphatic heterocycles. The second-order valence-corrected chi connectivity index (χ2v) is 9.42. The number of nitrogens with zero attached hydrogens (tertiary/aromatic N) is 2. The molecule has 0 fully saturated rings. The van der Waals surface area contributed by atoms with Crippen molar-refractivity contribution in [1.29, 1.82) is 0 Å². The summed E-state index contributed by atoms with van der Waals surface area (Å²) >= 11 is 11.8. The van der Waals surface area contributed by atoms with E-state index in [2.05, 4.69) is 10.5 Å². The lowest BCUT2D eigenvalue weighted by Crippen LogP contribution is -2.40. The number of carbonyl (C=O) groups excluding carboxylic acids is 1. The van der Waals surface area contributed by atoms with Gasteiger partial charge in [-0.2, -0.15) is 5.10 Å². The van der Waals surface area contributed by atoms with Crippen molar-refractivity contribution in [2.24, 2.45) is 5.10 Å². The van der Waals surface area contributed by atoms with Gasteiger partial charge in [0.15, 0.2) is 0 Å². The highest BCUT2D eigenvalue weighted by Gasteiger charge is 2.29. The van der Waals surface area contributed by atoms with Crippen LogP contribution >= 0.6 is 23.2 Å². The minimum Gasteiger partial charge on any atom is -0.271 e. The second-order valence-electron chi connectivity index (χ2n) is 6.74. The molecular formula is C22H18Cl2FN3O3S. The summed E-state index contributed by atoms with van der Waals surface area (Å²) in [4.78, 5) is 12.4. The van der Waals surface area contributed by atoms with Crippen LogP contribution in [0.5, 0.6) is 0 Å². The molecule has 10 heteroatoms. The maximum atomic E-state index is 14.5. The number of carbonyl (C=O) groups is 1. The minimum absolute atomic E-state index is 0.0709. The first kappa shape index (κ1) is 23.7. The number of sulfonamides is 1. The van der Waals surface area contributed by atoms with E-state index in [-0.39, 0.29) is 10.6 Å². The summed E-state index contributed by atoms with van der Waals surface area (Å²) in [5, 5.41) is 4.49. The average Bonchev–Trinajstić information content (AvgIpc) is 2.75. The van der Waals surface area contributed by atoms with Crippen LogP contribution in [0.3, 0.4) is 0 Å². The average molecular weight is 494 g/mol. The lowest BCUT2D eigenvalue weighted by Gasteiger charge is -2.24. The Morgan fingerprint density at radius 2 is 1.75 bits per heavy atom. The fourth-order valence-electron chi connectivity index (χ4n) is 2.73. The van der Waals surface area contributed by atoms with E-state index in [0.29, 0.717) is 19.9 Å². The van der Waals surface area contributed by atoms with Crippen LogP contribution in [-0.4, -0.2) is 27.1 Å². The number of anilines is 1. The molecule has 6 nitrogen and oxygen atoms in total. The van der Waals surface area contributed by atoms with E-state index < -0.39 is 28.3 Å². The summed E-state index contributed by atoms with van der Waals surface area (Å²) in [6, 6.07) is 16.1. The van der Waals surface area contributed by atoms with Gasteiger partial charge in [0.1, 0.15) is 12.4 Å². The molecule has 1 amide bonds. The van der Waals surface area contributed by atoms with Gasteiger partial charge in [-0.1, -0.05) is 59.1 Å². The molecule has 3 aromatic carbocycles. The van der Waals surface area contributed by atoms with E-state index in [1.807, 2.05) is 6.92 Å². The smallest absolute Gasteiger partial charge is 0.264 e. The summed E-state index contributed by atoms with van der Waals surface area (Å²) in [6.07, 6.45) is 1.32. The number of aryl methyl sites for hydroxylation is 1. The first-order chi connectivity index (χ1) is 15.2. The molecule has 0 aliphatic carbocycles. The molecular weight excluding hydrogens is 476 g/mol. The second kappa shape index (κ2) is 10.1. The Hall–Kier alpha value is -2.94. The normalized spacial score (nSPS) is 11.5. The SMILES string of the molecule is Cc1ccc(S(=O)(=O)N(CC(=O)N/N=C/c2ccc(Cl)c(Cl)c2)c2ccccc2F)cc1. The highest BCUT2D eigenvalue weighted by atomic mass is 35.5. The Labute approximate surface area is 195 Å². The van der Waals surface area contributed by atoms with E-state index in [1.54, 1.807) is 30.3 Å². The number of rotatable bonds is 7. The molecule has 166 valence electrons. The predicted molar refractivity (Wildman–Crippen MR) is 124 cm³/mol. The molecule has 0 atom stereocenters. The van der Waals surface area contributed by atoms with Gasteiger partial charge in [-0.25, -0.2) is 18.2 Å². The van der Waals surface area contributed by atoms with Crippen molar-refractivity contribution < 1.29 is 17.6 Å². The zero-order chi connectivity index (χ0) is 23.3. The Kier molecular flexibility index (Phi) is 7.50. The number of benzene rings is 3. The molecule has 0 aliphatic rings. The van der Waals surface area contributed by atoms with E-state index in [9.17, 15) is 17.6 Å². The fourth-order valence-corrected chi connectivity index (χ4v) is 4.46. The third-order valence-electron chi connectivity index (χ3n) is 4.36. The van der Waals surface area contributed by atoms with Crippen LogP contribution in [0, 0.1) is 12.7 Å². The number of hydrazone groups is 1. The van der Waals surface area contributed by atoms with E-state index >= 15 is 0 Å². The molecule has 3 aromatic rings. The molecule has 0 spiro atoms. The van der Waals surface area contributed by atoms with Crippen LogP contribution in [-0.2, 0) is 14.8 Å². The van der Waals surface area contributed by atoms with Gasteiger partial charge in [-0.3, -0.25) is 9.10 Å². The van der Waals surface area contributed by atoms with Crippen LogP contribution in [0.15, 0.2) is 76.7 Å². The third-order valence-corrected chi connectivity index (χ3v) is 6.88. The zero-order valence-electron chi connectivity index (χ0n) is 16.8. The van der Waals surface area contributed by atoms with Crippen molar-refractivity contribution in [2.45, 2.75) is 11.8 Å². The first-order valence-electron chi connectivity index (χ1n) is 9.29. The van der Waals surface area contributed by atoms with Gasteiger partial charge in [-0.05, 0) is 48.9 Å². The van der Waals surface area contributed by atoms with Gasteiger partial charge >= 0.3 is 0 Å². The van der Waals surface area contributed by atoms with Crippen molar-refractivity contribution in [2.75, 3.05) is 10.8 Å². The van der Waals surface area contributed by atoms with Gasteiger partial charge in [0, 0.05) is 0 Å². The van der Waals surface area contributed by atoms with Crippen LogP contribution in [0.4, 0.5) is 10.1 Å². The number of para-hydroxylation sites is 1. The summed E-state index contributed by atoms with van der Waals surface area (Å²) in [5.41, 5.74) is 3.42. The largest absolute Gasteiger partial charge is 0.271 e. The lowest BCUT2D eigenvalue weighted by molar-refractivity contribution is -0.119. The van der Waals surface area contributed by atoms with Gasteiger partial charge in [0.2, 0.25) is 0 Å². The first-order valence-corrected chi connectivity index (χ1v) is 11.5. The standard InChI is InChI=1S/C22H18Cl2FN3O3S/c1-15-6-9-17(10-7-15)32(30,31)28(21-5-3-2-4-20(21)25)14-22(29)27-26-13-16-8-11-18(23)19(24)12-16/h2-13H,14H2,1H3,(H,27,29)/b26-13+. The Bertz CT molecular complexity index is 1270. The quantitative estimate of drug-likeness (QED) is 0.379. The Balaban J connectivity index is 1.85. The van der Waals surface area contributed by atoms with Gasteiger partial charge < -0.3 is 0 Å². The number of halogens is 3. The third kappa shape index (κ3) is 5.64. The molecule has 0 aromatic heterocycles. The maximum Gasteiger partial charge on any atom is 0.264 e. The highest BCUT2D eigenvalue weighted by molar-refractivity contribution is 7.92. The number of hydrogen-bond acceptors (Lipinski definition) is 4. The van der Waals surface area contributed by atoms with Crippen LogP contribution in [0.1, 0.15) is 11.1 Å². The summed E-state index contributed by atoms with van der Waals surface area (Å²) in [5.74, 6) is -1.55. The summed E-state index contributed by atoms with van der Waals surface area (Å²) < 4.78 is 41.6. The number of nitrogens with one attached hydrogen (secondary N) is 1. The molecule has 0 bridgehead atoms. The van der Waals surface area contributed by atoms with Crippen molar-refractivity contribution in [3.63, 3.8) is 0 Å². The number of amides is 1. The molecule has 0 saturated heterocycles. The van der Waals surface area contributed by atoms with Crippen LogP contribution in [0.25, 0.3) is 0 Å². The molecule has 3 rings (SSSR count). The number of hydrogen-bond donors (Lipinski definition) is 1. The van der Waals surface area contributed by atoms with Crippen LogP contribution in [0.2, 0.25) is 10.0 Å². The van der Waals surface area contributed by atoms with Crippen molar-refractivity contribution in [3.05, 3.63) is 93.7 Å². The highest BCUT2D eigenvalue weighted by Crippen LogP contribution is 2.26. The van der Waals surface area contributed by atoms with E-state index in [0.717, 1.165) is 11.6 Å². The maximum absolute atomic E-state index is 14.5. The predicted octanol–water partition coefficient (Wildman–Crippen LogP) is 4.79. The molecule has 0 saturated carbocycles. The zero-order valence-corrected chi connectivity index (χ0v) is 19.1. The lowest BCUT2D eigenvalue weighted by atomic mass is 10.2.